The molecule has 1 atom stereocenters. The van der Waals surface area contributed by atoms with E-state index in [0.717, 1.165) is 17.1 Å². The zero-order chi connectivity index (χ0) is 15.5. The van der Waals surface area contributed by atoms with Gasteiger partial charge in [-0.2, -0.15) is 0 Å². The van der Waals surface area contributed by atoms with Gasteiger partial charge in [-0.3, -0.25) is 0 Å². The van der Waals surface area contributed by atoms with E-state index in [-0.39, 0.29) is 11.5 Å². The van der Waals surface area contributed by atoms with Gasteiger partial charge in [-0.05, 0) is 23.6 Å². The second-order valence-electron chi connectivity index (χ2n) is 6.10. The summed E-state index contributed by atoms with van der Waals surface area (Å²) in [6.07, 6.45) is 3.83. The van der Waals surface area contributed by atoms with E-state index in [1.807, 2.05) is 30.4 Å². The van der Waals surface area contributed by atoms with Crippen molar-refractivity contribution in [3.63, 3.8) is 0 Å². The lowest BCUT2D eigenvalue weighted by Gasteiger charge is -2.21. The summed E-state index contributed by atoms with van der Waals surface area (Å²) in [5.74, 6) is 2.20. The monoisotopic (exact) mass is 289 g/mol. The van der Waals surface area contributed by atoms with Crippen molar-refractivity contribution in [3.8, 4) is 11.5 Å². The lowest BCUT2D eigenvalue weighted by atomic mass is 9.88. The van der Waals surface area contributed by atoms with Gasteiger partial charge in [0.2, 0.25) is 5.90 Å². The highest BCUT2D eigenvalue weighted by Crippen LogP contribution is 2.28. The summed E-state index contributed by atoms with van der Waals surface area (Å²) in [5.41, 5.74) is 1.08. The van der Waals surface area contributed by atoms with E-state index in [4.69, 9.17) is 14.2 Å². The molecule has 0 saturated heterocycles. The minimum absolute atomic E-state index is 0.118. The van der Waals surface area contributed by atoms with Crippen molar-refractivity contribution in [2.75, 3.05) is 20.8 Å². The van der Waals surface area contributed by atoms with Crippen molar-refractivity contribution in [1.82, 2.24) is 0 Å². The van der Waals surface area contributed by atoms with Gasteiger partial charge < -0.3 is 14.2 Å². The van der Waals surface area contributed by atoms with Gasteiger partial charge in [0.25, 0.3) is 0 Å². The number of nitrogens with zero attached hydrogens (tertiary/aromatic N) is 1. The van der Waals surface area contributed by atoms with Gasteiger partial charge in [0.05, 0.1) is 20.3 Å². The first-order valence-electron chi connectivity index (χ1n) is 7.04. The maximum Gasteiger partial charge on any atom is 0.209 e. The summed E-state index contributed by atoms with van der Waals surface area (Å²) in [7, 11) is 3.28. The number of rotatable bonds is 4. The average Bonchev–Trinajstić information content (AvgIpc) is 2.94. The summed E-state index contributed by atoms with van der Waals surface area (Å²) in [4.78, 5) is 4.61. The first kappa shape index (κ1) is 15.4. The Kier molecular flexibility index (Phi) is 4.56. The fraction of sp³-hybridized carbons (Fsp3) is 0.471. The largest absolute Gasteiger partial charge is 0.497 e. The Morgan fingerprint density at radius 1 is 1.19 bits per heavy atom. The Morgan fingerprint density at radius 3 is 2.52 bits per heavy atom. The van der Waals surface area contributed by atoms with E-state index in [9.17, 15) is 0 Å². The van der Waals surface area contributed by atoms with Crippen LogP contribution in [0.4, 0.5) is 0 Å². The molecule has 0 unspecified atom stereocenters. The SMILES string of the molecule is COc1ccc(/C=C/C2=N[C@@H](C(C)(C)C)CO2)c(OC)c1. The maximum atomic E-state index is 5.63. The molecule has 4 nitrogen and oxygen atoms in total. The van der Waals surface area contributed by atoms with Crippen molar-refractivity contribution in [3.05, 3.63) is 29.8 Å². The molecule has 4 heteroatoms. The Hall–Kier alpha value is -1.97. The molecule has 1 aromatic rings. The zero-order valence-electron chi connectivity index (χ0n) is 13.3. The van der Waals surface area contributed by atoms with Gasteiger partial charge in [-0.25, -0.2) is 4.99 Å². The molecular weight excluding hydrogens is 266 g/mol. The van der Waals surface area contributed by atoms with Gasteiger partial charge in [-0.1, -0.05) is 20.8 Å². The third-order valence-electron chi connectivity index (χ3n) is 3.52. The average molecular weight is 289 g/mol. The fourth-order valence-corrected chi connectivity index (χ4v) is 2.04. The Labute approximate surface area is 126 Å². The lowest BCUT2D eigenvalue weighted by Crippen LogP contribution is -2.25. The van der Waals surface area contributed by atoms with Crippen LogP contribution < -0.4 is 9.47 Å². The summed E-state index contributed by atoms with van der Waals surface area (Å²) in [6, 6.07) is 5.91. The smallest absolute Gasteiger partial charge is 0.209 e. The normalized spacial score (nSPS) is 18.5. The molecule has 0 aliphatic carbocycles. The van der Waals surface area contributed by atoms with Gasteiger partial charge in [0, 0.05) is 17.7 Å². The molecule has 0 amide bonds. The van der Waals surface area contributed by atoms with Crippen LogP contribution in [-0.4, -0.2) is 32.8 Å². The lowest BCUT2D eigenvalue weighted by molar-refractivity contribution is 0.236. The molecular formula is C17H23NO3. The molecule has 0 saturated carbocycles. The molecule has 2 rings (SSSR count). The minimum atomic E-state index is 0.118. The highest BCUT2D eigenvalue weighted by Gasteiger charge is 2.29. The van der Waals surface area contributed by atoms with Gasteiger partial charge in [0.15, 0.2) is 0 Å². The first-order chi connectivity index (χ1) is 9.94. The highest BCUT2D eigenvalue weighted by molar-refractivity contribution is 5.93. The number of aliphatic imine (C=N–C) groups is 1. The summed E-state index contributed by atoms with van der Waals surface area (Å²) in [6.45, 7) is 7.15. The van der Waals surface area contributed by atoms with Crippen molar-refractivity contribution in [2.24, 2.45) is 10.4 Å². The molecule has 1 aliphatic heterocycles. The van der Waals surface area contributed by atoms with Crippen molar-refractivity contribution >= 4 is 12.0 Å². The minimum Gasteiger partial charge on any atom is -0.497 e. The number of hydrogen-bond donors (Lipinski definition) is 0. The van der Waals surface area contributed by atoms with Crippen LogP contribution in [0.1, 0.15) is 26.3 Å². The zero-order valence-corrected chi connectivity index (χ0v) is 13.3. The van der Waals surface area contributed by atoms with E-state index in [1.165, 1.54) is 0 Å². The molecule has 1 heterocycles. The van der Waals surface area contributed by atoms with E-state index in [1.54, 1.807) is 14.2 Å². The predicted octanol–water partition coefficient (Wildman–Crippen LogP) is 3.56. The van der Waals surface area contributed by atoms with E-state index < -0.39 is 0 Å². The molecule has 1 aliphatic rings. The second kappa shape index (κ2) is 6.20. The topological polar surface area (TPSA) is 40.0 Å². The highest BCUT2D eigenvalue weighted by atomic mass is 16.5. The van der Waals surface area contributed by atoms with E-state index in [0.29, 0.717) is 12.5 Å². The molecule has 114 valence electrons. The van der Waals surface area contributed by atoms with Crippen LogP contribution >= 0.6 is 0 Å². The summed E-state index contributed by atoms with van der Waals surface area (Å²) < 4.78 is 16.2. The second-order valence-corrected chi connectivity index (χ2v) is 6.10. The summed E-state index contributed by atoms with van der Waals surface area (Å²) in [5, 5.41) is 0. The molecule has 0 spiro atoms. The van der Waals surface area contributed by atoms with E-state index in [2.05, 4.69) is 25.8 Å². The van der Waals surface area contributed by atoms with Gasteiger partial charge in [0.1, 0.15) is 18.1 Å². The number of methoxy groups -OCH3 is 2. The maximum absolute atomic E-state index is 5.63. The van der Waals surface area contributed by atoms with Crippen LogP contribution in [0.2, 0.25) is 0 Å². The standard InChI is InChI=1S/C17H23NO3/c1-17(2,3)15-11-21-16(18-15)9-7-12-6-8-13(19-4)10-14(12)20-5/h6-10,15H,11H2,1-5H3/b9-7+/t15-/m1/s1. The van der Waals surface area contributed by atoms with Crippen LogP contribution in [-0.2, 0) is 4.74 Å². The molecule has 0 aromatic heterocycles. The molecule has 0 radical (unpaired) electrons. The van der Waals surface area contributed by atoms with Gasteiger partial charge in [-0.15, -0.1) is 0 Å². The van der Waals surface area contributed by atoms with Crippen molar-refractivity contribution in [2.45, 2.75) is 26.8 Å². The third kappa shape index (κ3) is 3.78. The molecule has 1 aromatic carbocycles. The van der Waals surface area contributed by atoms with Crippen molar-refractivity contribution in [1.29, 1.82) is 0 Å². The molecule has 0 fully saturated rings. The van der Waals surface area contributed by atoms with Crippen LogP contribution in [0.25, 0.3) is 6.08 Å². The number of benzene rings is 1. The van der Waals surface area contributed by atoms with Crippen LogP contribution in [0.3, 0.4) is 0 Å². The molecule has 0 bridgehead atoms. The fourth-order valence-electron chi connectivity index (χ4n) is 2.04. The van der Waals surface area contributed by atoms with Crippen LogP contribution in [0.5, 0.6) is 11.5 Å². The number of ether oxygens (including phenoxy) is 3. The third-order valence-corrected chi connectivity index (χ3v) is 3.52. The Bertz CT molecular complexity index is 556. The molecule has 0 N–H and O–H groups in total. The number of hydrogen-bond acceptors (Lipinski definition) is 4. The predicted molar refractivity (Wildman–Crippen MR) is 85.2 cm³/mol. The van der Waals surface area contributed by atoms with Gasteiger partial charge >= 0.3 is 0 Å². The molecule has 21 heavy (non-hydrogen) atoms. The summed E-state index contributed by atoms with van der Waals surface area (Å²) >= 11 is 0. The van der Waals surface area contributed by atoms with Crippen molar-refractivity contribution < 1.29 is 14.2 Å². The Balaban J connectivity index is 2.15. The van der Waals surface area contributed by atoms with Crippen LogP contribution in [0.15, 0.2) is 29.3 Å². The quantitative estimate of drug-likeness (QED) is 0.851. The van der Waals surface area contributed by atoms with Crippen LogP contribution in [0, 0.1) is 5.41 Å². The first-order valence-corrected chi connectivity index (χ1v) is 7.04. The Morgan fingerprint density at radius 2 is 1.95 bits per heavy atom. The van der Waals surface area contributed by atoms with E-state index >= 15 is 0 Å².